The van der Waals surface area contributed by atoms with Crippen LogP contribution in [-0.4, -0.2) is 46.4 Å². The fourth-order valence-corrected chi connectivity index (χ4v) is 7.47. The third kappa shape index (κ3) is 4.86. The van der Waals surface area contributed by atoms with Gasteiger partial charge in [-0.2, -0.15) is 0 Å². The van der Waals surface area contributed by atoms with Crippen molar-refractivity contribution in [3.8, 4) is 0 Å². The van der Waals surface area contributed by atoms with Crippen molar-refractivity contribution in [1.29, 1.82) is 0 Å². The second-order valence-electron chi connectivity index (χ2n) is 12.1. The molecule has 1 saturated carbocycles. The Balaban J connectivity index is 1.32. The van der Waals surface area contributed by atoms with E-state index in [9.17, 15) is 14.4 Å². The minimum absolute atomic E-state index is 0.0159. The summed E-state index contributed by atoms with van der Waals surface area (Å²) in [7, 11) is 0. The van der Waals surface area contributed by atoms with Crippen LogP contribution in [0.5, 0.6) is 0 Å². The maximum atomic E-state index is 14.2. The Bertz CT molecular complexity index is 1410. The highest BCUT2D eigenvalue weighted by atomic mass is 35.5. The maximum Gasteiger partial charge on any atom is 0.246 e. The zero-order chi connectivity index (χ0) is 29.1. The predicted molar refractivity (Wildman–Crippen MR) is 158 cm³/mol. The van der Waals surface area contributed by atoms with Crippen molar-refractivity contribution < 1.29 is 19.1 Å². The van der Waals surface area contributed by atoms with Gasteiger partial charge in [-0.3, -0.25) is 14.4 Å². The first-order valence-corrected chi connectivity index (χ1v) is 15.1. The van der Waals surface area contributed by atoms with Crippen LogP contribution in [0, 0.1) is 30.6 Å². The van der Waals surface area contributed by atoms with Gasteiger partial charge in [0.05, 0.1) is 17.9 Å². The summed E-state index contributed by atoms with van der Waals surface area (Å²) in [6.07, 6.45) is 6.15. The molecule has 0 radical (unpaired) electrons. The molecule has 41 heavy (non-hydrogen) atoms. The monoisotopic (exact) mass is 595 g/mol. The molecule has 4 aliphatic rings. The molecular weight excluding hydrogens is 561 g/mol. The van der Waals surface area contributed by atoms with Gasteiger partial charge >= 0.3 is 0 Å². The number of hydrogen-bond donors (Lipinski definition) is 2. The molecule has 6 rings (SSSR count). The summed E-state index contributed by atoms with van der Waals surface area (Å²) in [4.78, 5) is 43.7. The standard InChI is InChI=1S/C32H35Cl2N3O4/c1-17-5-4-6-24(19(17)3)36-30(39)28-32-14-13-25(41-32)26(29(38)35-22-12-7-18(2)23(34)15-22)27(32)31(40)37(28)16-20-8-10-21(33)11-9-20/h7-15,17,19,24-28H,4-6,16H2,1-3H3,(H,35,38)(H,36,39)/t17-,19-,24-,25-,26+,27-,28-,32-/m1/s1. The fraction of sp³-hybridized carbons (Fsp3) is 0.469. The molecule has 2 bridgehead atoms. The van der Waals surface area contributed by atoms with Crippen LogP contribution >= 0.6 is 23.2 Å². The number of likely N-dealkylation sites (tertiary alicyclic amines) is 1. The van der Waals surface area contributed by atoms with Crippen LogP contribution in [0.15, 0.2) is 54.6 Å². The Morgan fingerprint density at radius 3 is 2.56 bits per heavy atom. The molecule has 216 valence electrons. The highest BCUT2D eigenvalue weighted by Crippen LogP contribution is 2.55. The molecule has 1 aliphatic carbocycles. The summed E-state index contributed by atoms with van der Waals surface area (Å²) in [5.41, 5.74) is 1.05. The number of nitrogens with zero attached hydrogens (tertiary/aromatic N) is 1. The summed E-state index contributed by atoms with van der Waals surface area (Å²) in [6.45, 7) is 6.49. The van der Waals surface area contributed by atoms with Crippen molar-refractivity contribution in [2.45, 2.75) is 70.4 Å². The number of nitrogens with one attached hydrogen (secondary N) is 2. The molecule has 8 atom stereocenters. The van der Waals surface area contributed by atoms with E-state index < -0.39 is 29.6 Å². The van der Waals surface area contributed by atoms with E-state index in [1.54, 1.807) is 29.2 Å². The van der Waals surface area contributed by atoms with E-state index >= 15 is 0 Å². The lowest BCUT2D eigenvalue weighted by Crippen LogP contribution is -2.57. The number of hydrogen-bond acceptors (Lipinski definition) is 4. The molecule has 3 fully saturated rings. The van der Waals surface area contributed by atoms with Crippen molar-refractivity contribution >= 4 is 46.6 Å². The highest BCUT2D eigenvalue weighted by Gasteiger charge is 2.72. The second kappa shape index (κ2) is 10.8. The van der Waals surface area contributed by atoms with Crippen molar-refractivity contribution in [3.63, 3.8) is 0 Å². The molecule has 0 aromatic heterocycles. The van der Waals surface area contributed by atoms with Gasteiger partial charge in [-0.05, 0) is 60.6 Å². The molecule has 2 aromatic rings. The zero-order valence-corrected chi connectivity index (χ0v) is 24.9. The van der Waals surface area contributed by atoms with E-state index in [1.165, 1.54) is 0 Å². The Morgan fingerprint density at radius 2 is 1.83 bits per heavy atom. The fourth-order valence-electron chi connectivity index (χ4n) is 7.17. The van der Waals surface area contributed by atoms with Gasteiger partial charge in [0.25, 0.3) is 0 Å². The SMILES string of the molecule is Cc1ccc(NC(=O)[C@H]2[C@H]3C=C[C@@]4(O3)[C@H]2C(=O)N(Cc2ccc(Cl)cc2)[C@@H]4C(=O)N[C@@H]2CCC[C@@H](C)[C@H]2C)cc1Cl. The Kier molecular flexibility index (Phi) is 7.41. The largest absolute Gasteiger partial charge is 0.359 e. The van der Waals surface area contributed by atoms with Crippen molar-refractivity contribution in [3.05, 3.63) is 75.8 Å². The molecule has 3 heterocycles. The van der Waals surface area contributed by atoms with Crippen molar-refractivity contribution in [2.24, 2.45) is 23.7 Å². The number of carbonyl (C=O) groups is 3. The number of benzene rings is 2. The summed E-state index contributed by atoms with van der Waals surface area (Å²) in [6, 6.07) is 11.6. The first-order chi connectivity index (χ1) is 19.6. The molecule has 2 aromatic carbocycles. The molecule has 9 heteroatoms. The van der Waals surface area contributed by atoms with Crippen LogP contribution in [0.3, 0.4) is 0 Å². The second-order valence-corrected chi connectivity index (χ2v) is 13.0. The minimum Gasteiger partial charge on any atom is -0.359 e. The zero-order valence-electron chi connectivity index (χ0n) is 23.4. The Morgan fingerprint density at radius 1 is 1.07 bits per heavy atom. The molecule has 1 spiro atoms. The topological polar surface area (TPSA) is 87.7 Å². The molecular formula is C32H35Cl2N3O4. The van der Waals surface area contributed by atoms with Crippen LogP contribution < -0.4 is 10.6 Å². The number of rotatable bonds is 6. The average Bonchev–Trinajstić information content (AvgIpc) is 3.58. The molecule has 3 amide bonds. The van der Waals surface area contributed by atoms with Gasteiger partial charge in [0, 0.05) is 28.3 Å². The molecule has 0 unspecified atom stereocenters. The lowest BCUT2D eigenvalue weighted by atomic mass is 9.73. The van der Waals surface area contributed by atoms with Crippen LogP contribution in [0.1, 0.15) is 44.2 Å². The van der Waals surface area contributed by atoms with Gasteiger partial charge in [0.1, 0.15) is 11.6 Å². The summed E-state index contributed by atoms with van der Waals surface area (Å²) in [5.74, 6) is -1.63. The van der Waals surface area contributed by atoms with E-state index in [0.29, 0.717) is 27.6 Å². The first kappa shape index (κ1) is 28.3. The number of carbonyl (C=O) groups excluding carboxylic acids is 3. The molecule has 2 N–H and O–H groups in total. The van der Waals surface area contributed by atoms with E-state index in [0.717, 1.165) is 30.4 Å². The highest BCUT2D eigenvalue weighted by molar-refractivity contribution is 6.31. The van der Waals surface area contributed by atoms with Gasteiger partial charge in [-0.25, -0.2) is 0 Å². The number of anilines is 1. The van der Waals surface area contributed by atoms with E-state index in [4.69, 9.17) is 27.9 Å². The number of halogens is 2. The average molecular weight is 597 g/mol. The summed E-state index contributed by atoms with van der Waals surface area (Å²) < 4.78 is 6.48. The van der Waals surface area contributed by atoms with Crippen molar-refractivity contribution in [1.82, 2.24) is 10.2 Å². The molecule has 7 nitrogen and oxygen atoms in total. The predicted octanol–water partition coefficient (Wildman–Crippen LogP) is 5.53. The Labute approximate surface area is 250 Å². The minimum atomic E-state index is -1.23. The molecule has 2 saturated heterocycles. The van der Waals surface area contributed by atoms with E-state index in [-0.39, 0.29) is 30.3 Å². The summed E-state index contributed by atoms with van der Waals surface area (Å²) >= 11 is 12.4. The number of aryl methyl sites for hydroxylation is 1. The van der Waals surface area contributed by atoms with Crippen molar-refractivity contribution in [2.75, 3.05) is 5.32 Å². The number of amides is 3. The van der Waals surface area contributed by atoms with Gasteiger partial charge in [-0.1, -0.05) is 80.2 Å². The number of fused-ring (bicyclic) bond motifs is 1. The van der Waals surface area contributed by atoms with Gasteiger partial charge in [0.2, 0.25) is 17.7 Å². The van der Waals surface area contributed by atoms with E-state index in [2.05, 4.69) is 24.5 Å². The lowest BCUT2D eigenvalue weighted by Gasteiger charge is -2.38. The maximum absolute atomic E-state index is 14.2. The third-order valence-electron chi connectivity index (χ3n) is 9.67. The van der Waals surface area contributed by atoms with Gasteiger partial charge in [-0.15, -0.1) is 0 Å². The van der Waals surface area contributed by atoms with Gasteiger partial charge < -0.3 is 20.3 Å². The summed E-state index contributed by atoms with van der Waals surface area (Å²) in [5, 5.41) is 7.35. The normalized spacial score (nSPS) is 33.6. The van der Waals surface area contributed by atoms with Crippen LogP contribution in [0.25, 0.3) is 0 Å². The van der Waals surface area contributed by atoms with Crippen LogP contribution in [-0.2, 0) is 25.7 Å². The number of ether oxygens (including phenoxy) is 1. The van der Waals surface area contributed by atoms with Crippen LogP contribution in [0.2, 0.25) is 10.0 Å². The van der Waals surface area contributed by atoms with E-state index in [1.807, 2.05) is 37.3 Å². The van der Waals surface area contributed by atoms with Gasteiger partial charge in [0.15, 0.2) is 0 Å². The molecule has 3 aliphatic heterocycles. The van der Waals surface area contributed by atoms with Crippen LogP contribution in [0.4, 0.5) is 5.69 Å². The third-order valence-corrected chi connectivity index (χ3v) is 10.3. The smallest absolute Gasteiger partial charge is 0.246 e. The Hall–Kier alpha value is -2.87. The quantitative estimate of drug-likeness (QED) is 0.430. The lowest BCUT2D eigenvalue weighted by molar-refractivity contribution is -0.142. The first-order valence-electron chi connectivity index (χ1n) is 14.4.